The van der Waals surface area contributed by atoms with Crippen molar-refractivity contribution in [1.29, 1.82) is 0 Å². The van der Waals surface area contributed by atoms with Gasteiger partial charge in [0.1, 0.15) is 0 Å². The summed E-state index contributed by atoms with van der Waals surface area (Å²) in [5.74, 6) is 0.759. The van der Waals surface area contributed by atoms with Gasteiger partial charge >= 0.3 is 0 Å². The zero-order valence-electron chi connectivity index (χ0n) is 5.74. The van der Waals surface area contributed by atoms with Gasteiger partial charge in [0.05, 0.1) is 0 Å². The van der Waals surface area contributed by atoms with Gasteiger partial charge in [-0.25, -0.2) is 4.68 Å². The molecule has 0 aliphatic heterocycles. The molecule has 5 heteroatoms. The minimum atomic E-state index is 0.759. The molecular weight excluding hydrogens is 118 g/mol. The van der Waals surface area contributed by atoms with Crippen molar-refractivity contribution in [2.24, 2.45) is 7.05 Å². The molecule has 0 N–H and O–H groups in total. The van der Waals surface area contributed by atoms with E-state index >= 15 is 0 Å². The van der Waals surface area contributed by atoms with Crippen LogP contribution in [0.5, 0.6) is 0 Å². The summed E-state index contributed by atoms with van der Waals surface area (Å²) in [7, 11) is 5.59. The maximum atomic E-state index is 3.74. The molecule has 0 aromatic carbocycles. The first-order valence-electron chi connectivity index (χ1n) is 2.61. The third-order valence-electron chi connectivity index (χ3n) is 0.998. The predicted molar refractivity (Wildman–Crippen MR) is 33.1 cm³/mol. The van der Waals surface area contributed by atoms with E-state index in [1.165, 1.54) is 0 Å². The molecule has 5 nitrogen and oxygen atoms in total. The average Bonchev–Trinajstić information content (AvgIpc) is 2.13. The van der Waals surface area contributed by atoms with Crippen LogP contribution in [0, 0.1) is 0 Å². The molecule has 0 amide bonds. The van der Waals surface area contributed by atoms with Gasteiger partial charge in [-0.05, 0) is 10.4 Å². The highest BCUT2D eigenvalue weighted by atomic mass is 15.6. The van der Waals surface area contributed by atoms with Crippen LogP contribution in [0.1, 0.15) is 0 Å². The van der Waals surface area contributed by atoms with Crippen LogP contribution < -0.4 is 4.90 Å². The Morgan fingerprint density at radius 1 is 1.44 bits per heavy atom. The van der Waals surface area contributed by atoms with Crippen LogP contribution in [0.4, 0.5) is 5.95 Å². The minimum Gasteiger partial charge on any atom is -0.346 e. The second kappa shape index (κ2) is 2.00. The quantitative estimate of drug-likeness (QED) is 0.499. The van der Waals surface area contributed by atoms with E-state index < -0.39 is 0 Å². The molecule has 0 fully saturated rings. The third kappa shape index (κ3) is 0.984. The van der Waals surface area contributed by atoms with Gasteiger partial charge < -0.3 is 4.90 Å². The van der Waals surface area contributed by atoms with Crippen molar-refractivity contribution < 1.29 is 0 Å². The number of hydrogen-bond acceptors (Lipinski definition) is 4. The number of hydrogen-bond donors (Lipinski definition) is 0. The van der Waals surface area contributed by atoms with Crippen molar-refractivity contribution in [3.05, 3.63) is 0 Å². The molecule has 0 saturated carbocycles. The lowest BCUT2D eigenvalue weighted by Gasteiger charge is -2.06. The average molecular weight is 127 g/mol. The van der Waals surface area contributed by atoms with Gasteiger partial charge in [-0.15, -0.1) is 0 Å². The molecule has 0 aliphatic carbocycles. The van der Waals surface area contributed by atoms with E-state index in [9.17, 15) is 0 Å². The summed E-state index contributed by atoms with van der Waals surface area (Å²) >= 11 is 0. The monoisotopic (exact) mass is 127 g/mol. The Balaban J connectivity index is 2.94. The van der Waals surface area contributed by atoms with E-state index in [0.717, 1.165) is 5.95 Å². The van der Waals surface area contributed by atoms with Crippen LogP contribution >= 0.6 is 0 Å². The first kappa shape index (κ1) is 6.00. The normalized spacial score (nSPS) is 9.67. The van der Waals surface area contributed by atoms with Crippen molar-refractivity contribution >= 4 is 5.95 Å². The standard InChI is InChI=1S/C4H9N5/c1-8(2)4-5-6-7-9(4)3/h1-3H3. The second-order valence-corrected chi connectivity index (χ2v) is 2.00. The summed E-state index contributed by atoms with van der Waals surface area (Å²) in [6, 6.07) is 0. The van der Waals surface area contributed by atoms with Gasteiger partial charge in [0.2, 0.25) is 5.95 Å². The van der Waals surface area contributed by atoms with Crippen LogP contribution in [0.15, 0.2) is 0 Å². The SMILES string of the molecule is CN(C)c1nnnn1C. The van der Waals surface area contributed by atoms with Crippen LogP contribution in [-0.2, 0) is 7.05 Å². The first-order chi connectivity index (χ1) is 4.22. The fourth-order valence-corrected chi connectivity index (χ4v) is 0.604. The van der Waals surface area contributed by atoms with E-state index in [1.54, 1.807) is 11.7 Å². The molecule has 0 radical (unpaired) electrons. The molecule has 1 rings (SSSR count). The molecule has 0 aliphatic rings. The summed E-state index contributed by atoms with van der Waals surface area (Å²) in [6.07, 6.45) is 0. The largest absolute Gasteiger partial charge is 0.346 e. The van der Waals surface area contributed by atoms with Crippen molar-refractivity contribution in [2.45, 2.75) is 0 Å². The van der Waals surface area contributed by atoms with Gasteiger partial charge in [-0.3, -0.25) is 0 Å². The highest BCUT2D eigenvalue weighted by Gasteiger charge is 2.00. The van der Waals surface area contributed by atoms with E-state index in [1.807, 2.05) is 19.0 Å². The van der Waals surface area contributed by atoms with Gasteiger partial charge in [-0.2, -0.15) is 0 Å². The number of aryl methyl sites for hydroxylation is 1. The van der Waals surface area contributed by atoms with Crippen LogP contribution in [0.25, 0.3) is 0 Å². The highest BCUT2D eigenvalue weighted by molar-refractivity contribution is 5.22. The number of nitrogens with zero attached hydrogens (tertiary/aromatic N) is 5. The molecule has 0 atom stereocenters. The number of rotatable bonds is 1. The molecule has 0 bridgehead atoms. The van der Waals surface area contributed by atoms with E-state index in [2.05, 4.69) is 15.5 Å². The van der Waals surface area contributed by atoms with Gasteiger partial charge in [0.15, 0.2) is 0 Å². The topological polar surface area (TPSA) is 46.8 Å². The summed E-state index contributed by atoms with van der Waals surface area (Å²) < 4.78 is 1.61. The zero-order valence-corrected chi connectivity index (χ0v) is 5.74. The smallest absolute Gasteiger partial charge is 0.244 e. The molecular formula is C4H9N5. The molecule has 1 aromatic heterocycles. The Morgan fingerprint density at radius 2 is 2.11 bits per heavy atom. The fraction of sp³-hybridized carbons (Fsp3) is 0.750. The van der Waals surface area contributed by atoms with Gasteiger partial charge in [-0.1, -0.05) is 5.10 Å². The Morgan fingerprint density at radius 3 is 2.33 bits per heavy atom. The molecule has 0 unspecified atom stereocenters. The Kier molecular flexibility index (Phi) is 1.33. The zero-order chi connectivity index (χ0) is 6.85. The molecule has 9 heavy (non-hydrogen) atoms. The van der Waals surface area contributed by atoms with Crippen molar-refractivity contribution in [3.8, 4) is 0 Å². The second-order valence-electron chi connectivity index (χ2n) is 2.00. The van der Waals surface area contributed by atoms with Crippen LogP contribution in [-0.4, -0.2) is 34.3 Å². The lowest BCUT2D eigenvalue weighted by Crippen LogP contribution is -2.14. The van der Waals surface area contributed by atoms with E-state index in [0.29, 0.717) is 0 Å². The summed E-state index contributed by atoms with van der Waals surface area (Å²) in [4.78, 5) is 1.85. The molecule has 0 saturated heterocycles. The maximum Gasteiger partial charge on any atom is 0.244 e. The number of tetrazole rings is 1. The maximum absolute atomic E-state index is 3.74. The Labute approximate surface area is 53.3 Å². The van der Waals surface area contributed by atoms with Gasteiger partial charge in [0.25, 0.3) is 0 Å². The lowest BCUT2D eigenvalue weighted by molar-refractivity contribution is 0.705. The van der Waals surface area contributed by atoms with Crippen molar-refractivity contribution in [2.75, 3.05) is 19.0 Å². The Hall–Kier alpha value is -1.13. The summed E-state index contributed by atoms with van der Waals surface area (Å²) in [5, 5.41) is 10.9. The summed E-state index contributed by atoms with van der Waals surface area (Å²) in [5.41, 5.74) is 0. The number of aromatic nitrogens is 4. The first-order valence-corrected chi connectivity index (χ1v) is 2.61. The molecule has 0 spiro atoms. The molecule has 1 aromatic rings. The number of anilines is 1. The van der Waals surface area contributed by atoms with Crippen molar-refractivity contribution in [1.82, 2.24) is 20.2 Å². The molecule has 50 valence electrons. The third-order valence-corrected chi connectivity index (χ3v) is 0.998. The Bertz CT molecular complexity index is 191. The van der Waals surface area contributed by atoms with Crippen LogP contribution in [0.3, 0.4) is 0 Å². The lowest BCUT2D eigenvalue weighted by atomic mass is 10.8. The fourth-order valence-electron chi connectivity index (χ4n) is 0.604. The highest BCUT2D eigenvalue weighted by Crippen LogP contribution is 1.98. The van der Waals surface area contributed by atoms with Crippen LogP contribution in [0.2, 0.25) is 0 Å². The van der Waals surface area contributed by atoms with E-state index in [-0.39, 0.29) is 0 Å². The van der Waals surface area contributed by atoms with E-state index in [4.69, 9.17) is 0 Å². The summed E-state index contributed by atoms with van der Waals surface area (Å²) in [6.45, 7) is 0. The predicted octanol–water partition coefficient (Wildman–Crippen LogP) is -0.724. The molecule has 1 heterocycles. The minimum absolute atomic E-state index is 0.759. The van der Waals surface area contributed by atoms with Crippen molar-refractivity contribution in [3.63, 3.8) is 0 Å². The van der Waals surface area contributed by atoms with Gasteiger partial charge in [0, 0.05) is 21.1 Å².